The Labute approximate surface area is 64.6 Å². The van der Waals surface area contributed by atoms with Gasteiger partial charge in [0, 0.05) is 0 Å². The first-order chi connectivity index (χ1) is 5.04. The summed E-state index contributed by atoms with van der Waals surface area (Å²) < 4.78 is 0. The Morgan fingerprint density at radius 1 is 1.73 bits per heavy atom. The highest BCUT2D eigenvalue weighted by atomic mass is 16.3. The molecule has 0 radical (unpaired) electrons. The number of aliphatic hydroxyl groups is 1. The Balaban J connectivity index is 2.62. The average molecular weight is 157 g/mol. The maximum absolute atomic E-state index is 10.8. The number of carbonyl (C=O) groups is 2. The van der Waals surface area contributed by atoms with Crippen LogP contribution in [0.15, 0.2) is 0 Å². The number of aliphatic hydroxyl groups excluding tert-OH is 1. The number of hydrogen-bond donors (Lipinski definition) is 2. The third-order valence-corrected chi connectivity index (χ3v) is 1.92. The molecule has 0 aromatic heterocycles. The van der Waals surface area contributed by atoms with Crippen LogP contribution in [0.1, 0.15) is 13.8 Å². The normalized spacial score (nSPS) is 32.1. The molecule has 62 valence electrons. The lowest BCUT2D eigenvalue weighted by atomic mass is 9.84. The Hall–Kier alpha value is -0.900. The van der Waals surface area contributed by atoms with Crippen LogP contribution in [0.25, 0.3) is 0 Å². The second-order valence-electron chi connectivity index (χ2n) is 2.86. The zero-order valence-electron chi connectivity index (χ0n) is 6.50. The summed E-state index contributed by atoms with van der Waals surface area (Å²) in [6.45, 7) is 2.92. The fourth-order valence-electron chi connectivity index (χ4n) is 1.25. The molecule has 0 aromatic carbocycles. The molecule has 1 unspecified atom stereocenters. The van der Waals surface area contributed by atoms with Gasteiger partial charge >= 0.3 is 0 Å². The first-order valence-electron chi connectivity index (χ1n) is 3.53. The molecule has 1 aliphatic rings. The van der Waals surface area contributed by atoms with Crippen molar-refractivity contribution >= 4 is 11.7 Å². The zero-order chi connectivity index (χ0) is 8.59. The van der Waals surface area contributed by atoms with Crippen LogP contribution in [-0.4, -0.2) is 28.9 Å². The van der Waals surface area contributed by atoms with Crippen LogP contribution >= 0.6 is 0 Å². The van der Waals surface area contributed by atoms with Crippen molar-refractivity contribution in [3.05, 3.63) is 0 Å². The molecule has 1 aliphatic heterocycles. The van der Waals surface area contributed by atoms with Crippen molar-refractivity contribution in [1.82, 2.24) is 5.32 Å². The minimum absolute atomic E-state index is 0.101. The van der Waals surface area contributed by atoms with Gasteiger partial charge in [0.1, 0.15) is 6.04 Å². The van der Waals surface area contributed by atoms with Crippen LogP contribution in [0.4, 0.5) is 0 Å². The smallest absolute Gasteiger partial charge is 0.228 e. The van der Waals surface area contributed by atoms with E-state index in [1.165, 1.54) is 13.8 Å². The van der Waals surface area contributed by atoms with Gasteiger partial charge in [-0.2, -0.15) is 0 Å². The van der Waals surface area contributed by atoms with E-state index in [9.17, 15) is 9.59 Å². The van der Waals surface area contributed by atoms with Gasteiger partial charge in [0.2, 0.25) is 5.91 Å². The first kappa shape index (κ1) is 8.20. The lowest BCUT2D eigenvalue weighted by Gasteiger charge is -2.36. The van der Waals surface area contributed by atoms with E-state index < -0.39 is 18.1 Å². The van der Waals surface area contributed by atoms with Gasteiger partial charge in [0.15, 0.2) is 5.78 Å². The Morgan fingerprint density at radius 3 is 2.45 bits per heavy atom. The standard InChI is InChI=1S/C7H11NO3/c1-3(9)5-6(4(2)10)8-7(5)11/h3,5-6,9H,1-2H3,(H,8,11)/t3?,5-,6-/m1/s1. The molecule has 1 saturated heterocycles. The summed E-state index contributed by atoms with van der Waals surface area (Å²) in [6, 6.07) is -0.470. The minimum atomic E-state index is -0.738. The molecule has 0 saturated carbocycles. The van der Waals surface area contributed by atoms with Gasteiger partial charge in [-0.3, -0.25) is 9.59 Å². The quantitative estimate of drug-likeness (QED) is 0.509. The second kappa shape index (κ2) is 2.62. The molecule has 1 heterocycles. The van der Waals surface area contributed by atoms with Crippen molar-refractivity contribution in [1.29, 1.82) is 0 Å². The lowest BCUT2D eigenvalue weighted by Crippen LogP contribution is -2.64. The maximum atomic E-state index is 10.8. The summed E-state index contributed by atoms with van der Waals surface area (Å²) in [5, 5.41) is 11.5. The van der Waals surface area contributed by atoms with Crippen LogP contribution in [0.3, 0.4) is 0 Å². The Bertz CT molecular complexity index is 200. The van der Waals surface area contributed by atoms with Gasteiger partial charge in [-0.25, -0.2) is 0 Å². The van der Waals surface area contributed by atoms with E-state index >= 15 is 0 Å². The molecule has 11 heavy (non-hydrogen) atoms. The molecule has 0 spiro atoms. The summed E-state index contributed by atoms with van der Waals surface area (Å²) in [7, 11) is 0. The fraction of sp³-hybridized carbons (Fsp3) is 0.714. The van der Waals surface area contributed by atoms with E-state index in [4.69, 9.17) is 5.11 Å². The largest absolute Gasteiger partial charge is 0.392 e. The van der Waals surface area contributed by atoms with Crippen LogP contribution in [0, 0.1) is 5.92 Å². The van der Waals surface area contributed by atoms with Gasteiger partial charge < -0.3 is 10.4 Å². The number of ketones is 1. The van der Waals surface area contributed by atoms with Crippen LogP contribution in [0.5, 0.6) is 0 Å². The average Bonchev–Trinajstić information content (AvgIpc) is 1.80. The molecule has 2 N–H and O–H groups in total. The topological polar surface area (TPSA) is 66.4 Å². The van der Waals surface area contributed by atoms with Gasteiger partial charge in [0.25, 0.3) is 0 Å². The molecule has 1 rings (SSSR count). The molecule has 1 amide bonds. The molecular weight excluding hydrogens is 146 g/mol. The minimum Gasteiger partial charge on any atom is -0.392 e. The van der Waals surface area contributed by atoms with E-state index in [0.29, 0.717) is 0 Å². The van der Waals surface area contributed by atoms with Crippen LogP contribution in [-0.2, 0) is 9.59 Å². The first-order valence-corrected chi connectivity index (χ1v) is 3.53. The van der Waals surface area contributed by atoms with Gasteiger partial charge in [-0.05, 0) is 13.8 Å². The molecule has 1 fully saturated rings. The number of amides is 1. The number of β-lactam (4-membered cyclic amide) rings is 1. The van der Waals surface area contributed by atoms with Gasteiger partial charge in [-0.15, -0.1) is 0 Å². The molecular formula is C7H11NO3. The van der Waals surface area contributed by atoms with Crippen LogP contribution < -0.4 is 5.32 Å². The highest BCUT2D eigenvalue weighted by molar-refractivity contribution is 5.99. The molecule has 0 aliphatic carbocycles. The van der Waals surface area contributed by atoms with E-state index in [1.807, 2.05) is 0 Å². The monoisotopic (exact) mass is 157 g/mol. The Kier molecular flexibility index (Phi) is 1.95. The maximum Gasteiger partial charge on any atom is 0.228 e. The van der Waals surface area contributed by atoms with E-state index in [0.717, 1.165) is 0 Å². The van der Waals surface area contributed by atoms with Crippen molar-refractivity contribution in [3.63, 3.8) is 0 Å². The van der Waals surface area contributed by atoms with Crippen molar-refractivity contribution in [2.75, 3.05) is 0 Å². The number of hydrogen-bond acceptors (Lipinski definition) is 3. The summed E-state index contributed by atoms with van der Waals surface area (Å²) in [4.78, 5) is 21.5. The number of Topliss-reactive ketones (excluding diaryl/α,β-unsaturated/α-hetero) is 1. The molecule has 4 heteroatoms. The van der Waals surface area contributed by atoms with Crippen molar-refractivity contribution in [3.8, 4) is 0 Å². The summed E-state index contributed by atoms with van der Waals surface area (Å²) in [5.41, 5.74) is 0. The van der Waals surface area contributed by atoms with E-state index in [-0.39, 0.29) is 11.7 Å². The predicted octanol–water partition coefficient (Wildman–Crippen LogP) is -0.929. The molecule has 4 nitrogen and oxygen atoms in total. The highest BCUT2D eigenvalue weighted by Crippen LogP contribution is 2.19. The van der Waals surface area contributed by atoms with Gasteiger partial charge in [0.05, 0.1) is 12.0 Å². The molecule has 0 aromatic rings. The number of carbonyl (C=O) groups excluding carboxylic acids is 2. The Morgan fingerprint density at radius 2 is 2.27 bits per heavy atom. The summed E-state index contributed by atoms with van der Waals surface area (Å²) in [6.07, 6.45) is -0.738. The summed E-state index contributed by atoms with van der Waals surface area (Å²) in [5.74, 6) is -0.872. The number of rotatable bonds is 2. The van der Waals surface area contributed by atoms with E-state index in [1.54, 1.807) is 0 Å². The lowest BCUT2D eigenvalue weighted by molar-refractivity contribution is -0.146. The van der Waals surface area contributed by atoms with E-state index in [2.05, 4.69) is 5.32 Å². The number of nitrogens with one attached hydrogen (secondary N) is 1. The SMILES string of the molecule is CC(=O)[C@H]1NC(=O)[C@@H]1C(C)O. The van der Waals surface area contributed by atoms with Crippen molar-refractivity contribution in [2.45, 2.75) is 26.0 Å². The predicted molar refractivity (Wildman–Crippen MR) is 37.8 cm³/mol. The summed E-state index contributed by atoms with van der Waals surface area (Å²) >= 11 is 0. The third-order valence-electron chi connectivity index (χ3n) is 1.92. The van der Waals surface area contributed by atoms with Crippen molar-refractivity contribution < 1.29 is 14.7 Å². The molecule has 3 atom stereocenters. The van der Waals surface area contributed by atoms with Gasteiger partial charge in [-0.1, -0.05) is 0 Å². The van der Waals surface area contributed by atoms with Crippen LogP contribution in [0.2, 0.25) is 0 Å². The zero-order valence-corrected chi connectivity index (χ0v) is 6.50. The molecule has 0 bridgehead atoms. The van der Waals surface area contributed by atoms with Crippen molar-refractivity contribution in [2.24, 2.45) is 5.92 Å². The second-order valence-corrected chi connectivity index (χ2v) is 2.86. The highest BCUT2D eigenvalue weighted by Gasteiger charge is 2.44. The fourth-order valence-corrected chi connectivity index (χ4v) is 1.25. The third kappa shape index (κ3) is 1.26.